The van der Waals surface area contributed by atoms with Gasteiger partial charge in [0.2, 0.25) is 5.90 Å². The lowest BCUT2D eigenvalue weighted by Crippen LogP contribution is -2.32. The Hall–Kier alpha value is -0.870. The number of benzene rings is 1. The van der Waals surface area contributed by atoms with E-state index in [4.69, 9.17) is 4.74 Å². The minimum absolute atomic E-state index is 0.212. The Labute approximate surface area is 116 Å². The fourth-order valence-electron chi connectivity index (χ4n) is 2.51. The lowest BCUT2D eigenvalue weighted by molar-refractivity contribution is 0.214. The predicted molar refractivity (Wildman–Crippen MR) is 76.0 cm³/mol. The number of nitrogens with zero attached hydrogens (tertiary/aromatic N) is 1. The third kappa shape index (κ3) is 2.75. The van der Waals surface area contributed by atoms with Gasteiger partial charge in [0.25, 0.3) is 0 Å². The summed E-state index contributed by atoms with van der Waals surface area (Å²) in [5.74, 6) is 0.926. The van der Waals surface area contributed by atoms with Gasteiger partial charge in [-0.05, 0) is 37.1 Å². The molecule has 0 aliphatic carbocycles. The average molecular weight is 309 g/mol. The van der Waals surface area contributed by atoms with Crippen LogP contribution in [-0.2, 0) is 11.2 Å². The minimum atomic E-state index is 0.212. The number of rotatable bonds is 3. The topological polar surface area (TPSA) is 33.6 Å². The summed E-state index contributed by atoms with van der Waals surface area (Å²) < 4.78 is 7.07. The molecule has 0 aromatic heterocycles. The summed E-state index contributed by atoms with van der Waals surface area (Å²) in [6, 6.07) is 8.79. The standard InChI is InChI=1S/C14H17BrN2O/c15-11-5-3-10(4-6-11)8-12-9-17-14(18-12)13-2-1-7-16-13/h3-6,12-13,16H,1-2,7-9H2. The fourth-order valence-corrected chi connectivity index (χ4v) is 2.78. The molecule has 96 valence electrons. The summed E-state index contributed by atoms with van der Waals surface area (Å²) >= 11 is 3.45. The van der Waals surface area contributed by atoms with Crippen molar-refractivity contribution in [3.63, 3.8) is 0 Å². The lowest BCUT2D eigenvalue weighted by Gasteiger charge is -2.14. The van der Waals surface area contributed by atoms with Crippen molar-refractivity contribution in [1.82, 2.24) is 5.32 Å². The first-order valence-corrected chi connectivity index (χ1v) is 7.29. The van der Waals surface area contributed by atoms with Gasteiger partial charge in [-0.1, -0.05) is 28.1 Å². The Morgan fingerprint density at radius 2 is 2.17 bits per heavy atom. The van der Waals surface area contributed by atoms with Crippen LogP contribution < -0.4 is 5.32 Å². The molecule has 0 amide bonds. The van der Waals surface area contributed by atoms with Crippen molar-refractivity contribution in [2.45, 2.75) is 31.4 Å². The third-order valence-corrected chi connectivity index (χ3v) is 4.00. The number of hydrogen-bond donors (Lipinski definition) is 1. The monoisotopic (exact) mass is 308 g/mol. The van der Waals surface area contributed by atoms with Crippen LogP contribution in [0.5, 0.6) is 0 Å². The quantitative estimate of drug-likeness (QED) is 0.931. The maximum Gasteiger partial charge on any atom is 0.201 e. The number of nitrogens with one attached hydrogen (secondary N) is 1. The van der Waals surface area contributed by atoms with Gasteiger partial charge in [0.15, 0.2) is 0 Å². The van der Waals surface area contributed by atoms with E-state index >= 15 is 0 Å². The molecule has 0 saturated carbocycles. The second-order valence-electron chi connectivity index (χ2n) is 4.90. The smallest absolute Gasteiger partial charge is 0.201 e. The SMILES string of the molecule is Brc1ccc(CC2CN=C(C3CCCN3)O2)cc1. The molecule has 4 heteroatoms. The first-order chi connectivity index (χ1) is 8.81. The summed E-state index contributed by atoms with van der Waals surface area (Å²) in [6.45, 7) is 1.88. The number of halogens is 1. The zero-order chi connectivity index (χ0) is 12.4. The van der Waals surface area contributed by atoms with Crippen LogP contribution in [0.2, 0.25) is 0 Å². The van der Waals surface area contributed by atoms with Crippen LogP contribution in [0.25, 0.3) is 0 Å². The number of hydrogen-bond acceptors (Lipinski definition) is 3. The maximum absolute atomic E-state index is 5.96. The first kappa shape index (κ1) is 12.2. The molecule has 2 atom stereocenters. The van der Waals surface area contributed by atoms with E-state index in [-0.39, 0.29) is 6.10 Å². The highest BCUT2D eigenvalue weighted by atomic mass is 79.9. The van der Waals surface area contributed by atoms with E-state index in [9.17, 15) is 0 Å². The van der Waals surface area contributed by atoms with Crippen molar-refractivity contribution in [1.29, 1.82) is 0 Å². The van der Waals surface area contributed by atoms with Crippen LogP contribution in [0.15, 0.2) is 33.7 Å². The average Bonchev–Trinajstić information content (AvgIpc) is 3.02. The molecule has 18 heavy (non-hydrogen) atoms. The van der Waals surface area contributed by atoms with Crippen molar-refractivity contribution in [3.8, 4) is 0 Å². The van der Waals surface area contributed by atoms with E-state index < -0.39 is 0 Å². The van der Waals surface area contributed by atoms with Crippen molar-refractivity contribution >= 4 is 21.8 Å². The van der Waals surface area contributed by atoms with Gasteiger partial charge in [0.1, 0.15) is 6.10 Å². The normalized spacial score (nSPS) is 27.1. The number of ether oxygens (including phenoxy) is 1. The third-order valence-electron chi connectivity index (χ3n) is 3.47. The van der Waals surface area contributed by atoms with E-state index in [0.29, 0.717) is 6.04 Å². The number of aliphatic imine (C=N–C) groups is 1. The van der Waals surface area contributed by atoms with Crippen LogP contribution in [0.4, 0.5) is 0 Å². The Bertz CT molecular complexity index is 438. The molecule has 3 rings (SSSR count). The zero-order valence-corrected chi connectivity index (χ0v) is 11.8. The van der Waals surface area contributed by atoms with Gasteiger partial charge in [-0.25, -0.2) is 0 Å². The molecule has 0 bridgehead atoms. The summed E-state index contributed by atoms with van der Waals surface area (Å²) in [6.07, 6.45) is 3.53. The predicted octanol–water partition coefficient (Wildman–Crippen LogP) is 2.54. The maximum atomic E-state index is 5.96. The summed E-state index contributed by atoms with van der Waals surface area (Å²) in [5, 5.41) is 3.43. The minimum Gasteiger partial charge on any atom is -0.474 e. The van der Waals surface area contributed by atoms with Gasteiger partial charge in [-0.3, -0.25) is 4.99 Å². The van der Waals surface area contributed by atoms with E-state index in [2.05, 4.69) is 50.5 Å². The van der Waals surface area contributed by atoms with Gasteiger partial charge in [0, 0.05) is 10.9 Å². The molecule has 1 aromatic rings. The van der Waals surface area contributed by atoms with E-state index in [1.54, 1.807) is 0 Å². The molecule has 2 heterocycles. The molecular formula is C14H17BrN2O. The first-order valence-electron chi connectivity index (χ1n) is 6.50. The van der Waals surface area contributed by atoms with Gasteiger partial charge < -0.3 is 10.1 Å². The van der Waals surface area contributed by atoms with Crippen LogP contribution in [0.3, 0.4) is 0 Å². The molecule has 0 spiro atoms. The molecule has 1 fully saturated rings. The van der Waals surface area contributed by atoms with Gasteiger partial charge in [-0.15, -0.1) is 0 Å². The Morgan fingerprint density at radius 1 is 1.33 bits per heavy atom. The van der Waals surface area contributed by atoms with Gasteiger partial charge in [-0.2, -0.15) is 0 Å². The van der Waals surface area contributed by atoms with Crippen molar-refractivity contribution in [2.24, 2.45) is 4.99 Å². The summed E-state index contributed by atoms with van der Waals surface area (Å²) in [5.41, 5.74) is 1.30. The second kappa shape index (κ2) is 5.41. The largest absolute Gasteiger partial charge is 0.474 e. The molecule has 3 nitrogen and oxygen atoms in total. The van der Waals surface area contributed by atoms with Crippen molar-refractivity contribution < 1.29 is 4.74 Å². The molecule has 2 aliphatic heterocycles. The van der Waals surface area contributed by atoms with Crippen molar-refractivity contribution in [3.05, 3.63) is 34.3 Å². The van der Waals surface area contributed by atoms with E-state index in [1.807, 2.05) is 0 Å². The summed E-state index contributed by atoms with van der Waals surface area (Å²) in [4.78, 5) is 4.54. The van der Waals surface area contributed by atoms with Gasteiger partial charge >= 0.3 is 0 Å². The van der Waals surface area contributed by atoms with Crippen molar-refractivity contribution in [2.75, 3.05) is 13.1 Å². The Balaban J connectivity index is 1.55. The molecule has 1 saturated heterocycles. The second-order valence-corrected chi connectivity index (χ2v) is 5.81. The van der Waals surface area contributed by atoms with Crippen LogP contribution in [0, 0.1) is 0 Å². The molecule has 0 radical (unpaired) electrons. The highest BCUT2D eigenvalue weighted by Gasteiger charge is 2.28. The lowest BCUT2D eigenvalue weighted by atomic mass is 10.1. The molecule has 2 unspecified atom stereocenters. The Morgan fingerprint density at radius 3 is 2.89 bits per heavy atom. The zero-order valence-electron chi connectivity index (χ0n) is 10.2. The molecule has 1 N–H and O–H groups in total. The van der Waals surface area contributed by atoms with Crippen LogP contribution >= 0.6 is 15.9 Å². The summed E-state index contributed by atoms with van der Waals surface area (Å²) in [7, 11) is 0. The van der Waals surface area contributed by atoms with Gasteiger partial charge in [0.05, 0.1) is 12.6 Å². The molecule has 1 aromatic carbocycles. The van der Waals surface area contributed by atoms with E-state index in [1.165, 1.54) is 12.0 Å². The Kier molecular flexibility index (Phi) is 3.66. The molecule has 2 aliphatic rings. The highest BCUT2D eigenvalue weighted by molar-refractivity contribution is 9.10. The fraction of sp³-hybridized carbons (Fsp3) is 0.500. The van der Waals surface area contributed by atoms with E-state index in [0.717, 1.165) is 36.3 Å². The highest BCUT2D eigenvalue weighted by Crippen LogP contribution is 2.18. The van der Waals surface area contributed by atoms with Crippen LogP contribution in [-0.4, -0.2) is 31.1 Å². The molecular weight excluding hydrogens is 292 g/mol. The van der Waals surface area contributed by atoms with Crippen LogP contribution in [0.1, 0.15) is 18.4 Å².